The van der Waals surface area contributed by atoms with Crippen molar-refractivity contribution in [3.05, 3.63) is 59.4 Å². The van der Waals surface area contributed by atoms with Gasteiger partial charge in [0.1, 0.15) is 0 Å². The Kier molecular flexibility index (Phi) is 5.67. The predicted molar refractivity (Wildman–Crippen MR) is 97.3 cm³/mol. The average Bonchev–Trinajstić information content (AvgIpc) is 3.10. The first-order valence-electron chi connectivity index (χ1n) is 8.91. The molecule has 0 saturated carbocycles. The molecule has 28 heavy (non-hydrogen) atoms. The number of ketones is 1. The van der Waals surface area contributed by atoms with Gasteiger partial charge in [0, 0.05) is 49.5 Å². The van der Waals surface area contributed by atoms with Crippen LogP contribution < -0.4 is 0 Å². The van der Waals surface area contributed by atoms with Crippen molar-refractivity contribution in [2.75, 3.05) is 13.1 Å². The highest BCUT2D eigenvalue weighted by Gasteiger charge is 2.32. The first-order chi connectivity index (χ1) is 13.2. The zero-order chi connectivity index (χ0) is 20.3. The normalized spacial score (nSPS) is 17.9. The number of likely N-dealkylation sites (tertiary alicyclic amines) is 1. The fourth-order valence-electron chi connectivity index (χ4n) is 3.25. The summed E-state index contributed by atoms with van der Waals surface area (Å²) >= 11 is 0. The maximum absolute atomic E-state index is 12.7. The number of rotatable bonds is 4. The molecule has 5 nitrogen and oxygen atoms in total. The average molecular weight is 391 g/mol. The first-order valence-corrected chi connectivity index (χ1v) is 8.91. The number of carbonyl (C=O) groups excluding carboxylic acids is 2. The van der Waals surface area contributed by atoms with Crippen molar-refractivity contribution in [2.45, 2.75) is 19.0 Å². The van der Waals surface area contributed by atoms with Gasteiger partial charge in [-0.15, -0.1) is 0 Å². The van der Waals surface area contributed by atoms with Gasteiger partial charge in [-0.3, -0.25) is 14.3 Å². The van der Waals surface area contributed by atoms with Crippen LogP contribution in [0.2, 0.25) is 0 Å². The maximum Gasteiger partial charge on any atom is 0.416 e. The first kappa shape index (κ1) is 19.9. The summed E-state index contributed by atoms with van der Waals surface area (Å²) in [6.07, 6.45) is 3.36. The molecule has 1 atom stereocenters. The number of benzene rings is 1. The van der Waals surface area contributed by atoms with Gasteiger partial charge in [0.25, 0.3) is 0 Å². The van der Waals surface area contributed by atoms with Crippen LogP contribution in [0.15, 0.2) is 42.7 Å². The summed E-state index contributed by atoms with van der Waals surface area (Å²) < 4.78 is 39.6. The van der Waals surface area contributed by atoms with E-state index in [2.05, 4.69) is 5.10 Å². The quantitative estimate of drug-likeness (QED) is 0.591. The van der Waals surface area contributed by atoms with Crippen LogP contribution in [0.25, 0.3) is 6.08 Å². The Balaban J connectivity index is 1.64. The molecule has 0 spiro atoms. The zero-order valence-electron chi connectivity index (χ0n) is 15.3. The van der Waals surface area contributed by atoms with Crippen molar-refractivity contribution in [2.24, 2.45) is 13.0 Å². The highest BCUT2D eigenvalue weighted by Crippen LogP contribution is 2.30. The molecule has 1 amide bonds. The Morgan fingerprint density at radius 3 is 2.54 bits per heavy atom. The highest BCUT2D eigenvalue weighted by atomic mass is 19.4. The largest absolute Gasteiger partial charge is 0.416 e. The Morgan fingerprint density at radius 2 is 1.93 bits per heavy atom. The van der Waals surface area contributed by atoms with E-state index >= 15 is 0 Å². The van der Waals surface area contributed by atoms with Crippen LogP contribution in [0.3, 0.4) is 0 Å². The fourth-order valence-corrected chi connectivity index (χ4v) is 3.25. The van der Waals surface area contributed by atoms with E-state index < -0.39 is 17.7 Å². The number of piperidine rings is 1. The molecule has 3 rings (SSSR count). The van der Waals surface area contributed by atoms with Crippen molar-refractivity contribution in [1.82, 2.24) is 14.7 Å². The van der Waals surface area contributed by atoms with E-state index in [-0.39, 0.29) is 23.8 Å². The van der Waals surface area contributed by atoms with Gasteiger partial charge in [-0.25, -0.2) is 0 Å². The lowest BCUT2D eigenvalue weighted by molar-refractivity contribution is -0.137. The molecule has 2 heterocycles. The third kappa shape index (κ3) is 4.68. The second kappa shape index (κ2) is 8.00. The molecule has 0 unspecified atom stereocenters. The molecule has 0 radical (unpaired) electrons. The predicted octanol–water partition coefficient (Wildman–Crippen LogP) is 3.57. The van der Waals surface area contributed by atoms with E-state index in [1.807, 2.05) is 0 Å². The molecule has 0 bridgehead atoms. The number of Topliss-reactive ketones (excluding diaryl/α,β-unsaturated/α-hetero) is 1. The van der Waals surface area contributed by atoms with Crippen LogP contribution in [-0.2, 0) is 18.0 Å². The van der Waals surface area contributed by atoms with E-state index in [0.717, 1.165) is 17.7 Å². The molecule has 1 aromatic carbocycles. The van der Waals surface area contributed by atoms with Crippen LogP contribution in [0.1, 0.15) is 34.3 Å². The summed E-state index contributed by atoms with van der Waals surface area (Å²) in [5.41, 5.74) is 0.244. The lowest BCUT2D eigenvalue weighted by Gasteiger charge is -2.31. The van der Waals surface area contributed by atoms with Gasteiger partial charge in [-0.05, 0) is 31.1 Å². The summed E-state index contributed by atoms with van der Waals surface area (Å²) in [5.74, 6) is -0.850. The van der Waals surface area contributed by atoms with E-state index in [1.54, 1.807) is 35.1 Å². The Bertz CT molecular complexity index is 885. The molecule has 8 heteroatoms. The second-order valence-electron chi connectivity index (χ2n) is 6.84. The number of alkyl halides is 3. The molecule has 0 N–H and O–H groups in total. The lowest BCUT2D eigenvalue weighted by atomic mass is 9.89. The number of aryl methyl sites for hydroxylation is 1. The van der Waals surface area contributed by atoms with Gasteiger partial charge in [0.15, 0.2) is 5.78 Å². The molecule has 1 aliphatic heterocycles. The minimum absolute atomic E-state index is 0.200. The summed E-state index contributed by atoms with van der Waals surface area (Å²) in [4.78, 5) is 26.7. The Labute approximate surface area is 160 Å². The van der Waals surface area contributed by atoms with E-state index in [4.69, 9.17) is 0 Å². The van der Waals surface area contributed by atoms with Gasteiger partial charge >= 0.3 is 6.18 Å². The number of aromatic nitrogens is 2. The molecule has 1 saturated heterocycles. The van der Waals surface area contributed by atoms with E-state index in [1.165, 1.54) is 18.2 Å². The summed E-state index contributed by atoms with van der Waals surface area (Å²) in [6.45, 7) is 0.809. The monoisotopic (exact) mass is 391 g/mol. The summed E-state index contributed by atoms with van der Waals surface area (Å²) in [7, 11) is 1.78. The standard InChI is InChI=1S/C20H20F3N3O2/c1-25-12-14(11-24-25)4-9-18(27)26-10-2-3-16(13-26)19(28)15-5-7-17(8-6-15)20(21,22)23/h4-9,11-12,16H,2-3,10,13H2,1H3/b9-4+/t16-/m1/s1. The molecular formula is C20H20F3N3O2. The summed E-state index contributed by atoms with van der Waals surface area (Å²) in [5, 5.41) is 4.02. The summed E-state index contributed by atoms with van der Waals surface area (Å²) in [6, 6.07) is 4.23. The SMILES string of the molecule is Cn1cc(/C=C/C(=O)N2CCC[C@@H](C(=O)c3ccc(C(F)(F)F)cc3)C2)cn1. The molecule has 1 aliphatic rings. The van der Waals surface area contributed by atoms with Crippen LogP contribution in [-0.4, -0.2) is 39.5 Å². The number of halogens is 3. The third-order valence-corrected chi connectivity index (χ3v) is 4.74. The Hall–Kier alpha value is -2.90. The number of nitrogens with zero attached hydrogens (tertiary/aromatic N) is 3. The van der Waals surface area contributed by atoms with Crippen molar-refractivity contribution in [3.8, 4) is 0 Å². The van der Waals surface area contributed by atoms with Crippen molar-refractivity contribution in [1.29, 1.82) is 0 Å². The van der Waals surface area contributed by atoms with Gasteiger partial charge in [0.2, 0.25) is 5.91 Å². The van der Waals surface area contributed by atoms with Crippen molar-refractivity contribution in [3.63, 3.8) is 0 Å². The van der Waals surface area contributed by atoms with Gasteiger partial charge < -0.3 is 4.90 Å². The number of hydrogen-bond donors (Lipinski definition) is 0. The molecule has 1 aromatic heterocycles. The fraction of sp³-hybridized carbons (Fsp3) is 0.350. The maximum atomic E-state index is 12.7. The molecule has 0 aliphatic carbocycles. The molecule has 148 valence electrons. The third-order valence-electron chi connectivity index (χ3n) is 4.74. The lowest BCUT2D eigenvalue weighted by Crippen LogP contribution is -2.41. The second-order valence-corrected chi connectivity index (χ2v) is 6.84. The number of carbonyl (C=O) groups is 2. The Morgan fingerprint density at radius 1 is 1.21 bits per heavy atom. The van der Waals surface area contributed by atoms with Crippen LogP contribution in [0, 0.1) is 5.92 Å². The van der Waals surface area contributed by atoms with E-state index in [0.29, 0.717) is 19.4 Å². The molecular weight excluding hydrogens is 371 g/mol. The van der Waals surface area contributed by atoms with Crippen molar-refractivity contribution >= 4 is 17.8 Å². The van der Waals surface area contributed by atoms with Crippen LogP contribution >= 0.6 is 0 Å². The van der Waals surface area contributed by atoms with Crippen LogP contribution in [0.4, 0.5) is 13.2 Å². The van der Waals surface area contributed by atoms with Crippen LogP contribution in [0.5, 0.6) is 0 Å². The minimum Gasteiger partial charge on any atom is -0.338 e. The van der Waals surface area contributed by atoms with Crippen molar-refractivity contribution < 1.29 is 22.8 Å². The zero-order valence-corrected chi connectivity index (χ0v) is 15.3. The number of amides is 1. The molecule has 2 aromatic rings. The van der Waals surface area contributed by atoms with E-state index in [9.17, 15) is 22.8 Å². The van der Waals surface area contributed by atoms with Gasteiger partial charge in [-0.2, -0.15) is 18.3 Å². The molecule has 1 fully saturated rings. The highest BCUT2D eigenvalue weighted by molar-refractivity contribution is 5.99. The minimum atomic E-state index is -4.43. The van der Waals surface area contributed by atoms with Gasteiger partial charge in [0.05, 0.1) is 11.8 Å². The van der Waals surface area contributed by atoms with Gasteiger partial charge in [-0.1, -0.05) is 12.1 Å². The topological polar surface area (TPSA) is 55.2 Å². The number of hydrogen-bond acceptors (Lipinski definition) is 3. The smallest absolute Gasteiger partial charge is 0.338 e.